The summed E-state index contributed by atoms with van der Waals surface area (Å²) in [4.78, 5) is 9.34. The van der Waals surface area contributed by atoms with E-state index in [0.717, 1.165) is 55.0 Å². The van der Waals surface area contributed by atoms with Gasteiger partial charge in [-0.1, -0.05) is 67.6 Å². The first-order valence-corrected chi connectivity index (χ1v) is 11.5. The van der Waals surface area contributed by atoms with Crippen LogP contribution in [0.4, 0.5) is 0 Å². The second-order valence-corrected chi connectivity index (χ2v) is 8.16. The molecular weight excluding hydrogens is 424 g/mol. The minimum absolute atomic E-state index is 0.482. The first-order chi connectivity index (χ1) is 16.8. The Hall–Kier alpha value is -4.20. The van der Waals surface area contributed by atoms with Gasteiger partial charge in [0.2, 0.25) is 5.82 Å². The van der Waals surface area contributed by atoms with E-state index in [-0.39, 0.29) is 0 Å². The molecule has 8 heteroatoms. The largest absolute Gasteiger partial charge is 0.252 e. The molecule has 1 N–H and O–H groups in total. The Bertz CT molecular complexity index is 1330. The molecule has 0 saturated heterocycles. The molecule has 0 unspecified atom stereocenters. The Morgan fingerprint density at radius 3 is 2.50 bits per heavy atom. The van der Waals surface area contributed by atoms with Crippen LogP contribution in [0.25, 0.3) is 22.6 Å². The lowest BCUT2D eigenvalue weighted by atomic mass is 10.0. The SMILES string of the molecule is CCCn1nc(CCc2ccccc2)nc1Cc1ccc(-c2cccnc2-c2nn[nH]n2)cc1. The Morgan fingerprint density at radius 2 is 1.74 bits per heavy atom. The number of aromatic nitrogens is 8. The lowest BCUT2D eigenvalue weighted by molar-refractivity contribution is 0.570. The highest BCUT2D eigenvalue weighted by molar-refractivity contribution is 5.77. The fourth-order valence-corrected chi connectivity index (χ4v) is 4.02. The fourth-order valence-electron chi connectivity index (χ4n) is 4.02. The van der Waals surface area contributed by atoms with Crippen LogP contribution in [0, 0.1) is 0 Å². The summed E-state index contributed by atoms with van der Waals surface area (Å²) in [6, 6.07) is 22.9. The van der Waals surface area contributed by atoms with Gasteiger partial charge in [-0.25, -0.2) is 9.67 Å². The van der Waals surface area contributed by atoms with Crippen molar-refractivity contribution in [1.82, 2.24) is 40.4 Å². The zero-order valence-electron chi connectivity index (χ0n) is 19.1. The van der Waals surface area contributed by atoms with Gasteiger partial charge in [-0.2, -0.15) is 10.3 Å². The van der Waals surface area contributed by atoms with Crippen LogP contribution in [0.5, 0.6) is 0 Å². The van der Waals surface area contributed by atoms with Gasteiger partial charge < -0.3 is 0 Å². The molecule has 5 aromatic rings. The average molecular weight is 451 g/mol. The van der Waals surface area contributed by atoms with Crippen molar-refractivity contribution in [2.24, 2.45) is 0 Å². The Morgan fingerprint density at radius 1 is 0.882 bits per heavy atom. The zero-order chi connectivity index (χ0) is 23.2. The predicted molar refractivity (Wildman–Crippen MR) is 130 cm³/mol. The van der Waals surface area contributed by atoms with Crippen molar-refractivity contribution in [3.8, 4) is 22.6 Å². The van der Waals surface area contributed by atoms with Gasteiger partial charge in [0.15, 0.2) is 5.82 Å². The van der Waals surface area contributed by atoms with Gasteiger partial charge in [0.25, 0.3) is 0 Å². The quantitative estimate of drug-likeness (QED) is 0.359. The van der Waals surface area contributed by atoms with Crippen molar-refractivity contribution in [2.45, 2.75) is 39.2 Å². The summed E-state index contributed by atoms with van der Waals surface area (Å²) >= 11 is 0. The van der Waals surface area contributed by atoms with Crippen molar-refractivity contribution >= 4 is 0 Å². The van der Waals surface area contributed by atoms with Crippen molar-refractivity contribution in [2.75, 3.05) is 0 Å². The van der Waals surface area contributed by atoms with Crippen LogP contribution in [0.2, 0.25) is 0 Å². The summed E-state index contributed by atoms with van der Waals surface area (Å²) in [6.45, 7) is 3.04. The Labute approximate surface area is 198 Å². The normalized spacial score (nSPS) is 11.1. The van der Waals surface area contributed by atoms with E-state index in [4.69, 9.17) is 10.1 Å². The number of hydrogen-bond donors (Lipinski definition) is 1. The number of pyridine rings is 1. The van der Waals surface area contributed by atoms with E-state index >= 15 is 0 Å². The van der Waals surface area contributed by atoms with Gasteiger partial charge in [0, 0.05) is 31.1 Å². The van der Waals surface area contributed by atoms with Crippen LogP contribution in [-0.2, 0) is 25.8 Å². The monoisotopic (exact) mass is 450 g/mol. The molecule has 3 heterocycles. The van der Waals surface area contributed by atoms with Crippen LogP contribution in [0.1, 0.15) is 36.1 Å². The van der Waals surface area contributed by atoms with Crippen LogP contribution in [0.15, 0.2) is 72.9 Å². The van der Waals surface area contributed by atoms with Crippen molar-refractivity contribution in [3.05, 3.63) is 95.7 Å². The molecule has 0 aliphatic rings. The van der Waals surface area contributed by atoms with Gasteiger partial charge in [0.1, 0.15) is 11.5 Å². The molecule has 5 rings (SSSR count). The second kappa shape index (κ2) is 10.2. The predicted octanol–water partition coefficient (Wildman–Crippen LogP) is 4.31. The van der Waals surface area contributed by atoms with Crippen LogP contribution in [0.3, 0.4) is 0 Å². The summed E-state index contributed by atoms with van der Waals surface area (Å²) in [5.41, 5.74) is 5.22. The molecule has 0 fully saturated rings. The van der Waals surface area contributed by atoms with Gasteiger partial charge in [0.05, 0.1) is 0 Å². The van der Waals surface area contributed by atoms with E-state index < -0.39 is 0 Å². The maximum Gasteiger partial charge on any atom is 0.223 e. The van der Waals surface area contributed by atoms with Gasteiger partial charge >= 0.3 is 0 Å². The molecule has 0 radical (unpaired) electrons. The molecule has 8 nitrogen and oxygen atoms in total. The molecule has 0 amide bonds. The van der Waals surface area contributed by atoms with Crippen molar-refractivity contribution < 1.29 is 0 Å². The number of H-pyrrole nitrogens is 1. The average Bonchev–Trinajstić information content (AvgIpc) is 3.55. The lowest BCUT2D eigenvalue weighted by Crippen LogP contribution is -2.06. The first-order valence-electron chi connectivity index (χ1n) is 11.5. The fraction of sp³-hybridized carbons (Fsp3) is 0.231. The first kappa shape index (κ1) is 21.6. The van der Waals surface area contributed by atoms with Crippen LogP contribution < -0.4 is 0 Å². The third-order valence-electron chi connectivity index (χ3n) is 5.70. The van der Waals surface area contributed by atoms with Gasteiger partial charge in [-0.15, -0.1) is 10.2 Å². The third kappa shape index (κ3) is 4.91. The minimum Gasteiger partial charge on any atom is -0.252 e. The molecule has 0 bridgehead atoms. The maximum atomic E-state index is 4.88. The number of benzene rings is 2. The van der Waals surface area contributed by atoms with Crippen LogP contribution in [-0.4, -0.2) is 40.4 Å². The third-order valence-corrected chi connectivity index (χ3v) is 5.70. The van der Waals surface area contributed by atoms with Gasteiger partial charge in [-0.05, 0) is 40.8 Å². The van der Waals surface area contributed by atoms with E-state index in [0.29, 0.717) is 11.5 Å². The van der Waals surface area contributed by atoms with Crippen molar-refractivity contribution in [1.29, 1.82) is 0 Å². The van der Waals surface area contributed by atoms with E-state index in [9.17, 15) is 0 Å². The summed E-state index contributed by atoms with van der Waals surface area (Å²) < 4.78 is 2.06. The molecule has 3 aromatic heterocycles. The highest BCUT2D eigenvalue weighted by Crippen LogP contribution is 2.28. The number of nitrogens with zero attached hydrogens (tertiary/aromatic N) is 7. The molecule has 34 heavy (non-hydrogen) atoms. The number of nitrogens with one attached hydrogen (secondary N) is 1. The molecule has 0 aliphatic carbocycles. The second-order valence-electron chi connectivity index (χ2n) is 8.16. The topological polar surface area (TPSA) is 98.1 Å². The molecule has 2 aromatic carbocycles. The van der Waals surface area contributed by atoms with Crippen LogP contribution >= 0.6 is 0 Å². The molecule has 0 atom stereocenters. The number of rotatable bonds is 9. The van der Waals surface area contributed by atoms with Gasteiger partial charge in [-0.3, -0.25) is 4.98 Å². The number of tetrazole rings is 1. The summed E-state index contributed by atoms with van der Waals surface area (Å²) in [5.74, 6) is 2.39. The van der Waals surface area contributed by atoms with E-state index in [1.807, 2.05) is 18.2 Å². The highest BCUT2D eigenvalue weighted by Gasteiger charge is 2.14. The molecule has 0 spiro atoms. The summed E-state index contributed by atoms with van der Waals surface area (Å²) in [6.07, 6.45) is 5.28. The molecule has 0 aliphatic heterocycles. The highest BCUT2D eigenvalue weighted by atomic mass is 15.5. The molecule has 0 saturated carbocycles. The van der Waals surface area contributed by atoms with Crippen molar-refractivity contribution in [3.63, 3.8) is 0 Å². The smallest absolute Gasteiger partial charge is 0.223 e. The van der Waals surface area contributed by atoms with E-state index in [1.165, 1.54) is 11.1 Å². The minimum atomic E-state index is 0.482. The summed E-state index contributed by atoms with van der Waals surface area (Å²) in [5, 5.41) is 19.1. The van der Waals surface area contributed by atoms with E-state index in [2.05, 4.69) is 85.7 Å². The molecular formula is C26H26N8. The number of aryl methyl sites for hydroxylation is 3. The maximum absolute atomic E-state index is 4.88. The lowest BCUT2D eigenvalue weighted by Gasteiger charge is -2.08. The zero-order valence-corrected chi connectivity index (χ0v) is 19.1. The number of aromatic amines is 1. The standard InChI is InChI=1S/C26H26N8/c1-2-17-34-24(28-23(31-34)15-12-19-7-4-3-5-8-19)18-20-10-13-21(14-11-20)22-9-6-16-27-25(22)26-29-32-33-30-26/h3-11,13-14,16H,2,12,15,17-18H2,1H3,(H,29,30,32,33). The Kier molecular flexibility index (Phi) is 6.47. The molecule has 170 valence electrons. The Balaban J connectivity index is 1.34. The number of hydrogen-bond acceptors (Lipinski definition) is 6. The van der Waals surface area contributed by atoms with E-state index in [1.54, 1.807) is 6.20 Å². The summed E-state index contributed by atoms with van der Waals surface area (Å²) in [7, 11) is 0.